The maximum Gasteiger partial charge on any atom is 0.0537 e. The van der Waals surface area contributed by atoms with Crippen LogP contribution < -0.4 is 0 Å². The number of benzene rings is 3. The van der Waals surface area contributed by atoms with E-state index in [9.17, 15) is 0 Å². The van der Waals surface area contributed by atoms with Gasteiger partial charge >= 0.3 is 0 Å². The Kier molecular flexibility index (Phi) is 4.16. The summed E-state index contributed by atoms with van der Waals surface area (Å²) >= 11 is 0. The van der Waals surface area contributed by atoms with Gasteiger partial charge in [0.2, 0.25) is 0 Å². The van der Waals surface area contributed by atoms with Crippen molar-refractivity contribution >= 4 is 17.0 Å². The molecule has 3 aromatic carbocycles. The molecule has 0 bridgehead atoms. The third-order valence-electron chi connectivity index (χ3n) is 5.85. The van der Waals surface area contributed by atoms with E-state index in [1.165, 1.54) is 44.5 Å². The summed E-state index contributed by atoms with van der Waals surface area (Å²) in [5.41, 5.74) is 9.28. The molecule has 0 amide bonds. The Morgan fingerprint density at radius 3 is 2.46 bits per heavy atom. The number of hydrogen-bond acceptors (Lipinski definition) is 0. The monoisotopic (exact) mass is 363 g/mol. The molecule has 0 N–H and O–H groups in total. The van der Waals surface area contributed by atoms with Gasteiger partial charge in [0.25, 0.3) is 0 Å². The van der Waals surface area contributed by atoms with E-state index >= 15 is 0 Å². The van der Waals surface area contributed by atoms with Crippen molar-refractivity contribution in [1.82, 2.24) is 4.57 Å². The SMILES string of the molecule is CC(C)c1cccc(-c2cccc(-n3c4c(c5ccccc53)CCC=C4)c2)c1. The zero-order chi connectivity index (χ0) is 19.1. The van der Waals surface area contributed by atoms with Gasteiger partial charge in [0.15, 0.2) is 0 Å². The Morgan fingerprint density at radius 1 is 0.821 bits per heavy atom. The number of rotatable bonds is 3. The van der Waals surface area contributed by atoms with Gasteiger partial charge in [-0.25, -0.2) is 0 Å². The van der Waals surface area contributed by atoms with Gasteiger partial charge < -0.3 is 4.57 Å². The minimum Gasteiger partial charge on any atom is -0.310 e. The summed E-state index contributed by atoms with van der Waals surface area (Å²) in [6.45, 7) is 4.50. The molecule has 0 unspecified atom stereocenters. The molecule has 0 aliphatic heterocycles. The Balaban J connectivity index is 1.70. The average Bonchev–Trinajstić information content (AvgIpc) is 3.08. The molecule has 1 heteroatoms. The molecule has 1 aliphatic carbocycles. The molecular formula is C27H25N. The lowest BCUT2D eigenvalue weighted by Gasteiger charge is -2.14. The van der Waals surface area contributed by atoms with Crippen LogP contribution in [-0.2, 0) is 6.42 Å². The Hall–Kier alpha value is -3.06. The van der Waals surface area contributed by atoms with Crippen LogP contribution in [0.2, 0.25) is 0 Å². The third kappa shape index (κ3) is 2.79. The first-order valence-corrected chi connectivity index (χ1v) is 10.2. The zero-order valence-corrected chi connectivity index (χ0v) is 16.5. The molecular weight excluding hydrogens is 338 g/mol. The van der Waals surface area contributed by atoms with E-state index in [0.717, 1.165) is 12.8 Å². The molecule has 0 atom stereocenters. The van der Waals surface area contributed by atoms with E-state index in [4.69, 9.17) is 0 Å². The minimum atomic E-state index is 0.536. The lowest BCUT2D eigenvalue weighted by molar-refractivity contribution is 0.867. The van der Waals surface area contributed by atoms with Crippen molar-refractivity contribution in [3.63, 3.8) is 0 Å². The number of hydrogen-bond donors (Lipinski definition) is 0. The molecule has 0 saturated carbocycles. The number of para-hydroxylation sites is 1. The highest BCUT2D eigenvalue weighted by Gasteiger charge is 2.18. The quantitative estimate of drug-likeness (QED) is 0.358. The standard InChI is InChI=1S/C27H25N/c1-19(2)20-9-7-10-21(17-20)22-11-8-12-23(18-22)28-26-15-5-3-13-24(26)25-14-4-6-16-27(25)28/h3,5-13,15-19H,4,14H2,1-2H3. The Labute approximate surface area is 167 Å². The second-order valence-electron chi connectivity index (χ2n) is 7.99. The van der Waals surface area contributed by atoms with Gasteiger partial charge in [0.05, 0.1) is 5.52 Å². The highest BCUT2D eigenvalue weighted by atomic mass is 15.0. The van der Waals surface area contributed by atoms with Crippen LogP contribution in [-0.4, -0.2) is 4.57 Å². The highest BCUT2D eigenvalue weighted by Crippen LogP contribution is 2.35. The molecule has 4 aromatic rings. The lowest BCUT2D eigenvalue weighted by Crippen LogP contribution is -2.00. The number of aryl methyl sites for hydroxylation is 1. The van der Waals surface area contributed by atoms with Gasteiger partial charge in [-0.2, -0.15) is 0 Å². The average molecular weight is 364 g/mol. The van der Waals surface area contributed by atoms with Crippen LogP contribution in [0.5, 0.6) is 0 Å². The first kappa shape index (κ1) is 17.1. The predicted molar refractivity (Wildman–Crippen MR) is 120 cm³/mol. The van der Waals surface area contributed by atoms with E-state index in [2.05, 4.69) is 103 Å². The fraction of sp³-hybridized carbons (Fsp3) is 0.185. The first-order chi connectivity index (χ1) is 13.7. The molecule has 5 rings (SSSR count). The summed E-state index contributed by atoms with van der Waals surface area (Å²) in [4.78, 5) is 0. The Morgan fingerprint density at radius 2 is 1.61 bits per heavy atom. The molecule has 0 fully saturated rings. The summed E-state index contributed by atoms with van der Waals surface area (Å²) in [5, 5.41) is 1.38. The van der Waals surface area contributed by atoms with E-state index in [1.54, 1.807) is 0 Å². The molecule has 1 nitrogen and oxygen atoms in total. The van der Waals surface area contributed by atoms with Crippen LogP contribution in [0, 0.1) is 0 Å². The molecule has 1 aliphatic rings. The van der Waals surface area contributed by atoms with Gasteiger partial charge in [0, 0.05) is 16.8 Å². The minimum absolute atomic E-state index is 0.536. The van der Waals surface area contributed by atoms with Crippen molar-refractivity contribution in [3.05, 3.63) is 95.7 Å². The van der Waals surface area contributed by atoms with E-state index in [0.29, 0.717) is 5.92 Å². The van der Waals surface area contributed by atoms with Crippen molar-refractivity contribution in [1.29, 1.82) is 0 Å². The van der Waals surface area contributed by atoms with Crippen molar-refractivity contribution < 1.29 is 0 Å². The third-order valence-corrected chi connectivity index (χ3v) is 5.85. The second-order valence-corrected chi connectivity index (χ2v) is 7.99. The Bertz CT molecular complexity index is 1190. The molecule has 0 spiro atoms. The van der Waals surface area contributed by atoms with Gasteiger partial charge in [0.1, 0.15) is 0 Å². The van der Waals surface area contributed by atoms with E-state index in [1.807, 2.05) is 0 Å². The van der Waals surface area contributed by atoms with Crippen LogP contribution in [0.3, 0.4) is 0 Å². The summed E-state index contributed by atoms with van der Waals surface area (Å²) in [6, 6.07) is 26.7. The smallest absolute Gasteiger partial charge is 0.0537 e. The molecule has 1 aromatic heterocycles. The van der Waals surface area contributed by atoms with E-state index < -0.39 is 0 Å². The normalized spacial score (nSPS) is 13.2. The maximum absolute atomic E-state index is 2.43. The van der Waals surface area contributed by atoms with Crippen molar-refractivity contribution in [2.24, 2.45) is 0 Å². The molecule has 1 heterocycles. The zero-order valence-electron chi connectivity index (χ0n) is 16.5. The predicted octanol–water partition coefficient (Wildman–Crippen LogP) is 7.38. The molecule has 0 radical (unpaired) electrons. The van der Waals surface area contributed by atoms with Gasteiger partial charge in [-0.1, -0.05) is 74.5 Å². The number of fused-ring (bicyclic) bond motifs is 3. The first-order valence-electron chi connectivity index (χ1n) is 10.2. The van der Waals surface area contributed by atoms with Crippen LogP contribution in [0.4, 0.5) is 0 Å². The summed E-state index contributed by atoms with van der Waals surface area (Å²) in [7, 11) is 0. The largest absolute Gasteiger partial charge is 0.310 e. The van der Waals surface area contributed by atoms with Crippen molar-refractivity contribution in [3.8, 4) is 16.8 Å². The summed E-state index contributed by atoms with van der Waals surface area (Å²) < 4.78 is 2.43. The highest BCUT2D eigenvalue weighted by molar-refractivity contribution is 5.91. The van der Waals surface area contributed by atoms with Crippen LogP contribution in [0.1, 0.15) is 43.0 Å². The van der Waals surface area contributed by atoms with Crippen molar-refractivity contribution in [2.75, 3.05) is 0 Å². The van der Waals surface area contributed by atoms with E-state index in [-0.39, 0.29) is 0 Å². The topological polar surface area (TPSA) is 4.93 Å². The second kappa shape index (κ2) is 6.83. The number of allylic oxidation sites excluding steroid dienone is 1. The maximum atomic E-state index is 2.43. The van der Waals surface area contributed by atoms with Gasteiger partial charge in [-0.15, -0.1) is 0 Å². The molecule has 28 heavy (non-hydrogen) atoms. The van der Waals surface area contributed by atoms with Gasteiger partial charge in [-0.05, 0) is 65.3 Å². The number of nitrogens with zero attached hydrogens (tertiary/aromatic N) is 1. The fourth-order valence-corrected chi connectivity index (χ4v) is 4.37. The van der Waals surface area contributed by atoms with Crippen LogP contribution in [0.15, 0.2) is 78.9 Å². The molecule has 138 valence electrons. The van der Waals surface area contributed by atoms with Crippen molar-refractivity contribution in [2.45, 2.75) is 32.6 Å². The molecule has 0 saturated heterocycles. The van der Waals surface area contributed by atoms with Crippen LogP contribution >= 0.6 is 0 Å². The lowest BCUT2D eigenvalue weighted by atomic mass is 9.97. The number of aromatic nitrogens is 1. The summed E-state index contributed by atoms with van der Waals surface area (Å²) in [5.74, 6) is 0.536. The van der Waals surface area contributed by atoms with Gasteiger partial charge in [-0.3, -0.25) is 0 Å². The van der Waals surface area contributed by atoms with Crippen LogP contribution in [0.25, 0.3) is 33.8 Å². The summed E-state index contributed by atoms with van der Waals surface area (Å²) in [6.07, 6.45) is 6.84. The fourth-order valence-electron chi connectivity index (χ4n) is 4.37.